The topological polar surface area (TPSA) is 150 Å². The van der Waals surface area contributed by atoms with E-state index in [4.69, 9.17) is 34.2 Å². The van der Waals surface area contributed by atoms with Crippen LogP contribution in [0, 0.1) is 5.92 Å². The Kier molecular flexibility index (Phi) is 17.1. The summed E-state index contributed by atoms with van der Waals surface area (Å²) in [6.07, 6.45) is 4.21. The molecule has 1 aromatic carbocycles. The zero-order valence-corrected chi connectivity index (χ0v) is 25.2. The Hall–Kier alpha value is -3.34. The van der Waals surface area contributed by atoms with Crippen LogP contribution in [0.5, 0.6) is 11.5 Å². The van der Waals surface area contributed by atoms with Crippen molar-refractivity contribution in [2.45, 2.75) is 97.4 Å². The summed E-state index contributed by atoms with van der Waals surface area (Å²) in [5, 5.41) is 0. The lowest BCUT2D eigenvalue weighted by molar-refractivity contribution is -0.151. The monoisotopic (exact) mass is 581 g/mol. The molecule has 11 heteroatoms. The van der Waals surface area contributed by atoms with Crippen LogP contribution >= 0.6 is 0 Å². The summed E-state index contributed by atoms with van der Waals surface area (Å²) < 4.78 is 31.1. The van der Waals surface area contributed by atoms with Gasteiger partial charge in [-0.1, -0.05) is 65.9 Å². The maximum Gasteiger partial charge on any atom is 0.513 e. The van der Waals surface area contributed by atoms with Crippen LogP contribution in [0.2, 0.25) is 0 Å². The first-order valence-electron chi connectivity index (χ1n) is 14.4. The molecule has 0 aliphatic carbocycles. The number of carbonyl (C=O) groups is 4. The minimum absolute atomic E-state index is 0.0100. The van der Waals surface area contributed by atoms with Crippen LogP contribution in [0.3, 0.4) is 0 Å². The Morgan fingerprint density at radius 3 is 1.95 bits per heavy atom. The predicted octanol–water partition coefficient (Wildman–Crippen LogP) is 5.88. The molecule has 0 aliphatic rings. The van der Waals surface area contributed by atoms with Gasteiger partial charge in [-0.2, -0.15) is 0 Å². The van der Waals surface area contributed by atoms with Gasteiger partial charge in [0.1, 0.15) is 5.54 Å². The molecule has 2 atom stereocenters. The molecule has 0 saturated heterocycles. The third-order valence-electron chi connectivity index (χ3n) is 6.47. The molecule has 1 unspecified atom stereocenters. The highest BCUT2D eigenvalue weighted by molar-refractivity contribution is 5.81. The SMILES string of the molecule is CCCCCOC(=O)Oc1ccc(C[C@](N)(CCOC(=O)CC(C)CC)C(=O)OC)cc1OC(=O)OCCCCC. The number of methoxy groups -OCH3 is 1. The van der Waals surface area contributed by atoms with Crippen molar-refractivity contribution in [3.63, 3.8) is 0 Å². The highest BCUT2D eigenvalue weighted by Crippen LogP contribution is 2.31. The van der Waals surface area contributed by atoms with Crippen molar-refractivity contribution < 1.29 is 47.6 Å². The van der Waals surface area contributed by atoms with E-state index in [9.17, 15) is 19.2 Å². The summed E-state index contributed by atoms with van der Waals surface area (Å²) in [5.41, 5.74) is 5.36. The summed E-state index contributed by atoms with van der Waals surface area (Å²) in [4.78, 5) is 49.3. The summed E-state index contributed by atoms with van der Waals surface area (Å²) in [6, 6.07) is 4.40. The van der Waals surface area contributed by atoms with Crippen molar-refractivity contribution in [2.24, 2.45) is 11.7 Å². The number of unbranched alkanes of at least 4 members (excludes halogenated alkanes) is 4. The molecule has 41 heavy (non-hydrogen) atoms. The quantitative estimate of drug-likeness (QED) is 0.0903. The molecule has 11 nitrogen and oxygen atoms in total. The second-order valence-electron chi connectivity index (χ2n) is 10.1. The number of nitrogens with two attached hydrogens (primary N) is 1. The van der Waals surface area contributed by atoms with Crippen LogP contribution in [0.1, 0.15) is 91.0 Å². The number of esters is 2. The number of hydrogen-bond acceptors (Lipinski definition) is 11. The molecule has 1 aromatic rings. The lowest BCUT2D eigenvalue weighted by Gasteiger charge is -2.27. The predicted molar refractivity (Wildman–Crippen MR) is 152 cm³/mol. The van der Waals surface area contributed by atoms with Gasteiger partial charge in [-0.25, -0.2) is 9.59 Å². The molecule has 0 heterocycles. The molecule has 232 valence electrons. The fraction of sp³-hybridized carbons (Fsp3) is 0.667. The molecule has 0 bridgehead atoms. The normalized spacial score (nSPS) is 12.9. The maximum atomic E-state index is 12.7. The van der Waals surface area contributed by atoms with E-state index in [1.54, 1.807) is 6.07 Å². The van der Waals surface area contributed by atoms with Gasteiger partial charge in [0.25, 0.3) is 0 Å². The van der Waals surface area contributed by atoms with Crippen molar-refractivity contribution in [3.05, 3.63) is 23.8 Å². The van der Waals surface area contributed by atoms with E-state index in [1.165, 1.54) is 19.2 Å². The Labute approximate surface area is 243 Å². The molecule has 0 spiro atoms. The van der Waals surface area contributed by atoms with Gasteiger partial charge in [0.15, 0.2) is 11.5 Å². The van der Waals surface area contributed by atoms with Gasteiger partial charge in [0.2, 0.25) is 0 Å². The third-order valence-corrected chi connectivity index (χ3v) is 6.47. The summed E-state index contributed by atoms with van der Waals surface area (Å²) >= 11 is 0. The molecule has 0 saturated carbocycles. The number of hydrogen-bond donors (Lipinski definition) is 1. The molecule has 0 aliphatic heterocycles. The fourth-order valence-electron chi connectivity index (χ4n) is 3.75. The molecule has 0 amide bonds. The van der Waals surface area contributed by atoms with Crippen molar-refractivity contribution in [2.75, 3.05) is 26.9 Å². The van der Waals surface area contributed by atoms with E-state index < -0.39 is 23.8 Å². The first-order chi connectivity index (χ1) is 19.6. The van der Waals surface area contributed by atoms with Crippen molar-refractivity contribution >= 4 is 24.2 Å². The standard InChI is InChI=1S/C30H47NO10/c1-6-9-11-16-38-28(34)40-24-14-13-23(20-25(24)41-29(35)39-17-12-10-7-2)21-30(31,27(33)36-5)15-18-37-26(32)19-22(4)8-3/h13-14,20,22H,6-12,15-19,21,31H2,1-5H3/t22?,30-/m1/s1. The van der Waals surface area contributed by atoms with Crippen LogP contribution in [-0.4, -0.2) is 56.7 Å². The van der Waals surface area contributed by atoms with Gasteiger partial charge in [0.05, 0.1) is 26.9 Å². The van der Waals surface area contributed by atoms with Gasteiger partial charge in [-0.15, -0.1) is 0 Å². The third kappa shape index (κ3) is 14.2. The fourth-order valence-corrected chi connectivity index (χ4v) is 3.75. The van der Waals surface area contributed by atoms with E-state index in [1.807, 2.05) is 27.7 Å². The van der Waals surface area contributed by atoms with Gasteiger partial charge >= 0.3 is 24.2 Å². The van der Waals surface area contributed by atoms with Crippen LogP contribution in [-0.2, 0) is 35.0 Å². The van der Waals surface area contributed by atoms with Crippen LogP contribution in [0.15, 0.2) is 18.2 Å². The molecule has 0 fully saturated rings. The van der Waals surface area contributed by atoms with E-state index in [-0.39, 0.29) is 62.5 Å². The first kappa shape index (κ1) is 35.7. The smallest absolute Gasteiger partial charge is 0.468 e. The summed E-state index contributed by atoms with van der Waals surface area (Å²) in [7, 11) is 1.21. The molecular formula is C30H47NO10. The summed E-state index contributed by atoms with van der Waals surface area (Å²) in [5.74, 6) is -1.08. The summed E-state index contributed by atoms with van der Waals surface area (Å²) in [6.45, 7) is 8.27. The Morgan fingerprint density at radius 1 is 0.829 bits per heavy atom. The average molecular weight is 582 g/mol. The van der Waals surface area contributed by atoms with E-state index in [2.05, 4.69) is 0 Å². The molecule has 1 rings (SSSR count). The highest BCUT2D eigenvalue weighted by Gasteiger charge is 2.36. The van der Waals surface area contributed by atoms with Gasteiger partial charge in [-0.05, 0) is 36.5 Å². The zero-order chi connectivity index (χ0) is 30.7. The molecule has 0 radical (unpaired) electrons. The molecule has 0 aromatic heterocycles. The van der Waals surface area contributed by atoms with E-state index >= 15 is 0 Å². The van der Waals surface area contributed by atoms with Crippen molar-refractivity contribution in [3.8, 4) is 11.5 Å². The minimum atomic E-state index is -1.55. The molecule has 2 N–H and O–H groups in total. The lowest BCUT2D eigenvalue weighted by Crippen LogP contribution is -2.51. The Bertz CT molecular complexity index is 967. The van der Waals surface area contributed by atoms with Crippen LogP contribution in [0.4, 0.5) is 9.59 Å². The average Bonchev–Trinajstić information content (AvgIpc) is 2.94. The van der Waals surface area contributed by atoms with Crippen molar-refractivity contribution in [1.29, 1.82) is 0 Å². The van der Waals surface area contributed by atoms with E-state index in [0.717, 1.165) is 32.1 Å². The van der Waals surface area contributed by atoms with Gasteiger partial charge in [-0.3, -0.25) is 9.59 Å². The largest absolute Gasteiger partial charge is 0.513 e. The maximum absolute atomic E-state index is 12.7. The Morgan fingerprint density at radius 2 is 1.41 bits per heavy atom. The highest BCUT2D eigenvalue weighted by atomic mass is 16.7. The van der Waals surface area contributed by atoms with Gasteiger partial charge in [0, 0.05) is 19.3 Å². The number of ether oxygens (including phenoxy) is 6. The molecular weight excluding hydrogens is 534 g/mol. The second kappa shape index (κ2) is 19.7. The van der Waals surface area contributed by atoms with Crippen molar-refractivity contribution in [1.82, 2.24) is 0 Å². The van der Waals surface area contributed by atoms with E-state index in [0.29, 0.717) is 18.4 Å². The number of rotatable bonds is 19. The number of benzene rings is 1. The first-order valence-corrected chi connectivity index (χ1v) is 14.4. The number of carbonyl (C=O) groups excluding carboxylic acids is 4. The minimum Gasteiger partial charge on any atom is -0.468 e. The Balaban J connectivity index is 3.07. The van der Waals surface area contributed by atoms with Gasteiger partial charge < -0.3 is 34.2 Å². The zero-order valence-electron chi connectivity index (χ0n) is 25.2. The second-order valence-corrected chi connectivity index (χ2v) is 10.1. The van der Waals surface area contributed by atoms with Crippen LogP contribution < -0.4 is 15.2 Å². The lowest BCUT2D eigenvalue weighted by atomic mass is 9.88. The van der Waals surface area contributed by atoms with Crippen LogP contribution in [0.25, 0.3) is 0 Å².